The lowest BCUT2D eigenvalue weighted by atomic mass is 9.86. The average Bonchev–Trinajstić information content (AvgIpc) is 2.48. The van der Waals surface area contributed by atoms with Crippen molar-refractivity contribution in [2.45, 2.75) is 45.1 Å². The molecule has 110 valence electrons. The normalized spacial score (nSPS) is 22.3. The van der Waals surface area contributed by atoms with Gasteiger partial charge in [-0.1, -0.05) is 13.3 Å². The lowest BCUT2D eigenvalue weighted by molar-refractivity contribution is 0.0695. The molecule has 0 amide bonds. The molecule has 4 nitrogen and oxygen atoms in total. The third-order valence-electron chi connectivity index (χ3n) is 4.08. The van der Waals surface area contributed by atoms with Gasteiger partial charge in [-0.3, -0.25) is 0 Å². The van der Waals surface area contributed by atoms with E-state index in [0.29, 0.717) is 11.5 Å². The van der Waals surface area contributed by atoms with E-state index in [1.54, 1.807) is 19.2 Å². The monoisotopic (exact) mass is 278 g/mol. The largest absolute Gasteiger partial charge is 0.493 e. The van der Waals surface area contributed by atoms with Crippen LogP contribution in [0.25, 0.3) is 0 Å². The number of aromatic carboxylic acids is 1. The molecule has 4 heteroatoms. The molecule has 0 aliphatic heterocycles. The SMILES string of the molecule is CCC1CCC(Oc2cc(C(=O)O)ccc2OC)CC1. The summed E-state index contributed by atoms with van der Waals surface area (Å²) in [6, 6.07) is 4.73. The number of carbonyl (C=O) groups is 1. The van der Waals surface area contributed by atoms with Crippen LogP contribution in [-0.4, -0.2) is 24.3 Å². The summed E-state index contributed by atoms with van der Waals surface area (Å²) in [5.41, 5.74) is 0.225. The third kappa shape index (κ3) is 3.44. The van der Waals surface area contributed by atoms with Gasteiger partial charge in [-0.05, 0) is 49.8 Å². The Kier molecular flexibility index (Phi) is 4.88. The molecule has 0 spiro atoms. The highest BCUT2D eigenvalue weighted by Gasteiger charge is 2.22. The van der Waals surface area contributed by atoms with Crippen LogP contribution in [0.2, 0.25) is 0 Å². The molecule has 1 fully saturated rings. The molecule has 0 aromatic heterocycles. The van der Waals surface area contributed by atoms with Crippen LogP contribution in [0, 0.1) is 5.92 Å². The maximum absolute atomic E-state index is 11.0. The van der Waals surface area contributed by atoms with Crippen LogP contribution in [0.5, 0.6) is 11.5 Å². The van der Waals surface area contributed by atoms with Crippen molar-refractivity contribution in [2.24, 2.45) is 5.92 Å². The highest BCUT2D eigenvalue weighted by Crippen LogP contribution is 2.34. The molecule has 1 aromatic rings. The van der Waals surface area contributed by atoms with E-state index in [4.69, 9.17) is 14.6 Å². The second-order valence-corrected chi connectivity index (χ2v) is 5.34. The highest BCUT2D eigenvalue weighted by molar-refractivity contribution is 5.88. The van der Waals surface area contributed by atoms with E-state index >= 15 is 0 Å². The Morgan fingerprint density at radius 2 is 1.95 bits per heavy atom. The Hall–Kier alpha value is -1.71. The molecule has 0 atom stereocenters. The summed E-state index contributed by atoms with van der Waals surface area (Å²) < 4.78 is 11.2. The van der Waals surface area contributed by atoms with Crippen molar-refractivity contribution >= 4 is 5.97 Å². The van der Waals surface area contributed by atoms with Gasteiger partial charge in [0.1, 0.15) is 0 Å². The Bertz CT molecular complexity index is 462. The van der Waals surface area contributed by atoms with E-state index in [0.717, 1.165) is 18.8 Å². The predicted molar refractivity (Wildman–Crippen MR) is 76.6 cm³/mol. The van der Waals surface area contributed by atoms with E-state index in [1.807, 2.05) is 0 Å². The minimum Gasteiger partial charge on any atom is -0.493 e. The molecule has 2 rings (SSSR count). The van der Waals surface area contributed by atoms with Gasteiger partial charge in [0.25, 0.3) is 0 Å². The zero-order valence-corrected chi connectivity index (χ0v) is 12.1. The minimum absolute atomic E-state index is 0.163. The maximum Gasteiger partial charge on any atom is 0.335 e. The van der Waals surface area contributed by atoms with Crippen LogP contribution >= 0.6 is 0 Å². The molecule has 1 aliphatic carbocycles. The summed E-state index contributed by atoms with van der Waals surface area (Å²) in [5, 5.41) is 9.05. The molecule has 0 heterocycles. The van der Waals surface area contributed by atoms with Crippen molar-refractivity contribution in [1.29, 1.82) is 0 Å². The van der Waals surface area contributed by atoms with Gasteiger partial charge in [0.2, 0.25) is 0 Å². The van der Waals surface area contributed by atoms with E-state index < -0.39 is 5.97 Å². The van der Waals surface area contributed by atoms with Crippen molar-refractivity contribution < 1.29 is 19.4 Å². The van der Waals surface area contributed by atoms with Crippen LogP contribution in [0.1, 0.15) is 49.4 Å². The van der Waals surface area contributed by atoms with Gasteiger partial charge in [0.15, 0.2) is 11.5 Å². The molecule has 0 bridgehead atoms. The van der Waals surface area contributed by atoms with Crippen molar-refractivity contribution in [3.8, 4) is 11.5 Å². The minimum atomic E-state index is -0.952. The molecule has 0 radical (unpaired) electrons. The topological polar surface area (TPSA) is 55.8 Å². The number of ether oxygens (including phenoxy) is 2. The average molecular weight is 278 g/mol. The first-order valence-electron chi connectivity index (χ1n) is 7.22. The Labute approximate surface area is 119 Å². The predicted octanol–water partition coefficient (Wildman–Crippen LogP) is 3.74. The maximum atomic E-state index is 11.0. The fourth-order valence-electron chi connectivity index (χ4n) is 2.74. The van der Waals surface area contributed by atoms with E-state index in [1.165, 1.54) is 25.3 Å². The van der Waals surface area contributed by atoms with Gasteiger partial charge >= 0.3 is 5.97 Å². The van der Waals surface area contributed by atoms with E-state index in [9.17, 15) is 4.79 Å². The molecular formula is C16H22O4. The van der Waals surface area contributed by atoms with Crippen molar-refractivity contribution in [1.82, 2.24) is 0 Å². The lowest BCUT2D eigenvalue weighted by Gasteiger charge is -2.28. The summed E-state index contributed by atoms with van der Waals surface area (Å²) in [6.45, 7) is 2.23. The van der Waals surface area contributed by atoms with Crippen molar-refractivity contribution in [3.05, 3.63) is 23.8 Å². The molecule has 20 heavy (non-hydrogen) atoms. The van der Waals surface area contributed by atoms with Crippen LogP contribution in [-0.2, 0) is 0 Å². The molecule has 1 aliphatic rings. The Balaban J connectivity index is 2.08. The molecule has 1 N–H and O–H groups in total. The fraction of sp³-hybridized carbons (Fsp3) is 0.562. The number of hydrogen-bond donors (Lipinski definition) is 1. The first-order valence-corrected chi connectivity index (χ1v) is 7.22. The highest BCUT2D eigenvalue weighted by atomic mass is 16.5. The Morgan fingerprint density at radius 1 is 1.25 bits per heavy atom. The number of hydrogen-bond acceptors (Lipinski definition) is 3. The van der Waals surface area contributed by atoms with Gasteiger partial charge in [-0.25, -0.2) is 4.79 Å². The summed E-state index contributed by atoms with van der Waals surface area (Å²) in [6.07, 6.45) is 5.81. The number of rotatable bonds is 5. The summed E-state index contributed by atoms with van der Waals surface area (Å²) in [4.78, 5) is 11.0. The van der Waals surface area contributed by atoms with Gasteiger partial charge in [-0.2, -0.15) is 0 Å². The summed E-state index contributed by atoms with van der Waals surface area (Å²) in [7, 11) is 1.57. The van der Waals surface area contributed by atoms with Gasteiger partial charge in [0.05, 0.1) is 18.8 Å². The number of carboxylic acids is 1. The van der Waals surface area contributed by atoms with Crippen LogP contribution in [0.15, 0.2) is 18.2 Å². The van der Waals surface area contributed by atoms with Crippen LogP contribution in [0.3, 0.4) is 0 Å². The number of carboxylic acid groups (broad SMARTS) is 1. The zero-order chi connectivity index (χ0) is 14.5. The zero-order valence-electron chi connectivity index (χ0n) is 12.1. The van der Waals surface area contributed by atoms with E-state index in [-0.39, 0.29) is 11.7 Å². The van der Waals surface area contributed by atoms with Crippen LogP contribution < -0.4 is 9.47 Å². The summed E-state index contributed by atoms with van der Waals surface area (Å²) in [5.74, 6) is 0.981. The standard InChI is InChI=1S/C16H22O4/c1-3-11-4-7-13(8-5-11)20-15-10-12(16(17)18)6-9-14(15)19-2/h6,9-11,13H,3-5,7-8H2,1-2H3,(H,17,18). The molecule has 1 aromatic carbocycles. The lowest BCUT2D eigenvalue weighted by Crippen LogP contribution is -2.24. The third-order valence-corrected chi connectivity index (χ3v) is 4.08. The van der Waals surface area contributed by atoms with E-state index in [2.05, 4.69) is 6.92 Å². The molecule has 0 saturated heterocycles. The second kappa shape index (κ2) is 6.64. The molecular weight excluding hydrogens is 256 g/mol. The van der Waals surface area contributed by atoms with Crippen molar-refractivity contribution in [2.75, 3.05) is 7.11 Å². The van der Waals surface area contributed by atoms with Crippen molar-refractivity contribution in [3.63, 3.8) is 0 Å². The molecule has 0 unspecified atom stereocenters. The van der Waals surface area contributed by atoms with Gasteiger partial charge in [0, 0.05) is 0 Å². The first-order chi connectivity index (χ1) is 9.63. The second-order valence-electron chi connectivity index (χ2n) is 5.34. The number of methoxy groups -OCH3 is 1. The first kappa shape index (κ1) is 14.7. The molecule has 1 saturated carbocycles. The Morgan fingerprint density at radius 3 is 2.50 bits per heavy atom. The van der Waals surface area contributed by atoms with Crippen LogP contribution in [0.4, 0.5) is 0 Å². The smallest absolute Gasteiger partial charge is 0.335 e. The van der Waals surface area contributed by atoms with Gasteiger partial charge in [-0.15, -0.1) is 0 Å². The summed E-state index contributed by atoms with van der Waals surface area (Å²) >= 11 is 0. The number of benzene rings is 1. The fourth-order valence-corrected chi connectivity index (χ4v) is 2.74. The quantitative estimate of drug-likeness (QED) is 0.891. The van der Waals surface area contributed by atoms with Gasteiger partial charge < -0.3 is 14.6 Å².